The third-order valence-electron chi connectivity index (χ3n) is 3.62. The SMILES string of the molecule is Cc1cc(NC(=O)NC(=O)c2ccccc2N)ccc1Oc1cnccn1. The number of para-hydroxylation sites is 1. The Labute approximate surface area is 155 Å². The first-order chi connectivity index (χ1) is 13.0. The molecule has 1 aromatic heterocycles. The van der Waals surface area contributed by atoms with Crippen LogP contribution in [0.5, 0.6) is 11.6 Å². The summed E-state index contributed by atoms with van der Waals surface area (Å²) in [5, 5.41) is 4.84. The number of aryl methyl sites for hydroxylation is 1. The number of hydrogen-bond acceptors (Lipinski definition) is 6. The predicted molar refractivity (Wildman–Crippen MR) is 101 cm³/mol. The highest BCUT2D eigenvalue weighted by atomic mass is 16.5. The first kappa shape index (κ1) is 17.9. The van der Waals surface area contributed by atoms with Crippen molar-refractivity contribution in [1.29, 1.82) is 0 Å². The number of benzene rings is 2. The summed E-state index contributed by atoms with van der Waals surface area (Å²) in [6, 6.07) is 10.9. The third-order valence-corrected chi connectivity index (χ3v) is 3.62. The van der Waals surface area contributed by atoms with Gasteiger partial charge in [-0.2, -0.15) is 0 Å². The van der Waals surface area contributed by atoms with Gasteiger partial charge in [0.05, 0.1) is 11.8 Å². The second-order valence-corrected chi connectivity index (χ2v) is 5.62. The fraction of sp³-hybridized carbons (Fsp3) is 0.0526. The Bertz CT molecular complexity index is 976. The molecule has 0 unspecified atom stereocenters. The molecule has 0 bridgehead atoms. The quantitative estimate of drug-likeness (QED) is 0.613. The average Bonchev–Trinajstić information content (AvgIpc) is 2.65. The van der Waals surface area contributed by atoms with Crippen LogP contribution in [0.25, 0.3) is 0 Å². The minimum atomic E-state index is -0.662. The summed E-state index contributed by atoms with van der Waals surface area (Å²) in [5.74, 6) is 0.365. The smallest absolute Gasteiger partial charge is 0.326 e. The number of amides is 3. The molecular weight excluding hydrogens is 346 g/mol. The molecule has 0 aliphatic carbocycles. The fourth-order valence-corrected chi connectivity index (χ4v) is 2.33. The van der Waals surface area contributed by atoms with E-state index in [-0.39, 0.29) is 5.56 Å². The van der Waals surface area contributed by atoms with Gasteiger partial charge in [0.25, 0.3) is 5.91 Å². The molecular formula is C19H17N5O3. The van der Waals surface area contributed by atoms with Crippen molar-refractivity contribution in [3.8, 4) is 11.6 Å². The van der Waals surface area contributed by atoms with Crippen LogP contribution < -0.4 is 21.1 Å². The summed E-state index contributed by atoms with van der Waals surface area (Å²) in [6.07, 6.45) is 4.58. The van der Waals surface area contributed by atoms with E-state index in [1.165, 1.54) is 12.4 Å². The molecule has 8 heteroatoms. The van der Waals surface area contributed by atoms with Gasteiger partial charge in [0.2, 0.25) is 5.88 Å². The number of rotatable bonds is 4. The van der Waals surface area contributed by atoms with E-state index in [0.29, 0.717) is 23.0 Å². The summed E-state index contributed by atoms with van der Waals surface area (Å²) in [7, 11) is 0. The van der Waals surface area contributed by atoms with Crippen molar-refractivity contribution < 1.29 is 14.3 Å². The van der Waals surface area contributed by atoms with E-state index >= 15 is 0 Å². The maximum absolute atomic E-state index is 12.1. The van der Waals surface area contributed by atoms with Crippen LogP contribution in [0.15, 0.2) is 61.1 Å². The number of urea groups is 1. The molecule has 0 saturated carbocycles. The van der Waals surface area contributed by atoms with E-state index in [1.807, 2.05) is 6.92 Å². The number of imide groups is 1. The Morgan fingerprint density at radius 1 is 1.11 bits per heavy atom. The average molecular weight is 363 g/mol. The molecule has 0 radical (unpaired) electrons. The zero-order valence-corrected chi connectivity index (χ0v) is 14.5. The molecule has 4 N–H and O–H groups in total. The van der Waals surface area contributed by atoms with Crippen LogP contribution in [-0.4, -0.2) is 21.9 Å². The number of nitrogens with one attached hydrogen (secondary N) is 2. The van der Waals surface area contributed by atoms with E-state index in [4.69, 9.17) is 10.5 Å². The van der Waals surface area contributed by atoms with Crippen molar-refractivity contribution in [2.24, 2.45) is 0 Å². The summed E-state index contributed by atoms with van der Waals surface area (Å²) >= 11 is 0. The number of carbonyl (C=O) groups is 2. The van der Waals surface area contributed by atoms with Gasteiger partial charge in [-0.25, -0.2) is 9.78 Å². The summed E-state index contributed by atoms with van der Waals surface area (Å²) < 4.78 is 5.63. The predicted octanol–water partition coefficient (Wildman–Crippen LogP) is 3.12. The standard InChI is InChI=1S/C19H17N5O3/c1-12-10-13(6-7-16(12)27-17-11-21-8-9-22-17)23-19(26)24-18(25)14-4-2-3-5-15(14)20/h2-11H,20H2,1H3,(H2,23,24,25,26). The molecule has 2 aromatic carbocycles. The number of hydrogen-bond donors (Lipinski definition) is 3. The molecule has 3 amide bonds. The first-order valence-corrected chi connectivity index (χ1v) is 8.04. The van der Waals surface area contributed by atoms with Crippen LogP contribution in [-0.2, 0) is 0 Å². The molecule has 0 saturated heterocycles. The lowest BCUT2D eigenvalue weighted by molar-refractivity contribution is 0.0968. The van der Waals surface area contributed by atoms with Crippen molar-refractivity contribution in [1.82, 2.24) is 15.3 Å². The number of anilines is 2. The molecule has 0 spiro atoms. The Morgan fingerprint density at radius 3 is 2.63 bits per heavy atom. The highest BCUT2D eigenvalue weighted by molar-refractivity contribution is 6.10. The third kappa shape index (κ3) is 4.57. The normalized spacial score (nSPS) is 10.1. The second-order valence-electron chi connectivity index (χ2n) is 5.62. The van der Waals surface area contributed by atoms with Crippen molar-refractivity contribution in [3.63, 3.8) is 0 Å². The minimum absolute atomic E-state index is 0.233. The van der Waals surface area contributed by atoms with E-state index in [2.05, 4.69) is 20.6 Å². The molecule has 8 nitrogen and oxygen atoms in total. The van der Waals surface area contributed by atoms with Gasteiger partial charge in [-0.3, -0.25) is 15.1 Å². The molecule has 136 valence electrons. The van der Waals surface area contributed by atoms with Gasteiger partial charge in [0, 0.05) is 23.8 Å². The second kappa shape index (κ2) is 7.96. The largest absolute Gasteiger partial charge is 0.437 e. The number of nitrogen functional groups attached to an aromatic ring is 1. The summed E-state index contributed by atoms with van der Waals surface area (Å²) in [5.41, 5.74) is 7.54. The Morgan fingerprint density at radius 2 is 1.93 bits per heavy atom. The van der Waals surface area contributed by atoms with Gasteiger partial charge in [-0.15, -0.1) is 0 Å². The van der Waals surface area contributed by atoms with Gasteiger partial charge in [0.1, 0.15) is 5.75 Å². The zero-order valence-electron chi connectivity index (χ0n) is 14.5. The van der Waals surface area contributed by atoms with Crippen molar-refractivity contribution in [3.05, 3.63) is 72.2 Å². The van der Waals surface area contributed by atoms with Crippen LogP contribution in [0, 0.1) is 6.92 Å². The zero-order chi connectivity index (χ0) is 19.2. The number of nitrogens with zero attached hydrogens (tertiary/aromatic N) is 2. The molecule has 0 aliphatic rings. The van der Waals surface area contributed by atoms with Gasteiger partial charge in [-0.1, -0.05) is 12.1 Å². The van der Waals surface area contributed by atoms with Crippen LogP contribution in [0.2, 0.25) is 0 Å². The van der Waals surface area contributed by atoms with Crippen LogP contribution in [0.4, 0.5) is 16.2 Å². The van der Waals surface area contributed by atoms with Crippen LogP contribution >= 0.6 is 0 Å². The number of aromatic nitrogens is 2. The van der Waals surface area contributed by atoms with Crippen molar-refractivity contribution in [2.45, 2.75) is 6.92 Å². The highest BCUT2D eigenvalue weighted by Gasteiger charge is 2.13. The Kier molecular flexibility index (Phi) is 5.27. The molecule has 1 heterocycles. The molecule has 3 rings (SSSR count). The number of carbonyl (C=O) groups excluding carboxylic acids is 2. The van der Waals surface area contributed by atoms with E-state index in [0.717, 1.165) is 5.56 Å². The van der Waals surface area contributed by atoms with Gasteiger partial charge in [0.15, 0.2) is 0 Å². The lowest BCUT2D eigenvalue weighted by atomic mass is 10.1. The molecule has 0 atom stereocenters. The lowest BCUT2D eigenvalue weighted by Crippen LogP contribution is -2.34. The van der Waals surface area contributed by atoms with Crippen molar-refractivity contribution >= 4 is 23.3 Å². The maximum Gasteiger partial charge on any atom is 0.326 e. The number of ether oxygens (including phenoxy) is 1. The molecule has 27 heavy (non-hydrogen) atoms. The van der Waals surface area contributed by atoms with Gasteiger partial charge in [-0.05, 0) is 42.8 Å². The van der Waals surface area contributed by atoms with Crippen LogP contribution in [0.3, 0.4) is 0 Å². The molecule has 3 aromatic rings. The molecule has 0 aliphatic heterocycles. The van der Waals surface area contributed by atoms with E-state index < -0.39 is 11.9 Å². The highest BCUT2D eigenvalue weighted by Crippen LogP contribution is 2.25. The van der Waals surface area contributed by atoms with Gasteiger partial charge >= 0.3 is 6.03 Å². The first-order valence-electron chi connectivity index (χ1n) is 8.04. The summed E-state index contributed by atoms with van der Waals surface area (Å²) in [6.45, 7) is 1.82. The fourth-order valence-electron chi connectivity index (χ4n) is 2.33. The van der Waals surface area contributed by atoms with Crippen LogP contribution in [0.1, 0.15) is 15.9 Å². The van der Waals surface area contributed by atoms with Crippen molar-refractivity contribution in [2.75, 3.05) is 11.1 Å². The minimum Gasteiger partial charge on any atom is -0.437 e. The van der Waals surface area contributed by atoms with Gasteiger partial charge < -0.3 is 15.8 Å². The Hall–Kier alpha value is -3.94. The lowest BCUT2D eigenvalue weighted by Gasteiger charge is -2.11. The molecule has 0 fully saturated rings. The van der Waals surface area contributed by atoms with E-state index in [9.17, 15) is 9.59 Å². The number of nitrogens with two attached hydrogens (primary N) is 1. The summed E-state index contributed by atoms with van der Waals surface area (Å²) in [4.78, 5) is 32.1. The monoisotopic (exact) mass is 363 g/mol. The Balaban J connectivity index is 1.64. The topological polar surface area (TPSA) is 119 Å². The van der Waals surface area contributed by atoms with E-state index in [1.54, 1.807) is 48.7 Å². The maximum atomic E-state index is 12.1.